The monoisotopic (exact) mass is 213 g/mol. The van der Waals surface area contributed by atoms with Crippen molar-refractivity contribution in [3.05, 3.63) is 0 Å². The van der Waals surface area contributed by atoms with Crippen LogP contribution < -0.4 is 5.73 Å². The quantitative estimate of drug-likeness (QED) is 0.756. The van der Waals surface area contributed by atoms with Crippen LogP contribution in [-0.4, -0.2) is 17.3 Å². The Kier molecular flexibility index (Phi) is 4.19. The lowest BCUT2D eigenvalue weighted by atomic mass is 9.62. The highest BCUT2D eigenvalue weighted by Crippen LogP contribution is 2.44. The standard InChI is InChI=1S/C13H27NO/c1-9(2)12-6-5-10(3)7-13(12,15)11(4)8-14/h9-12,15H,5-8,14H2,1-4H3. The van der Waals surface area contributed by atoms with Crippen LogP contribution in [0, 0.1) is 23.7 Å². The van der Waals surface area contributed by atoms with Crippen LogP contribution in [0.15, 0.2) is 0 Å². The molecule has 4 atom stereocenters. The third-order valence-corrected chi connectivity index (χ3v) is 4.30. The first-order valence-electron chi connectivity index (χ1n) is 6.34. The molecule has 0 saturated heterocycles. The van der Waals surface area contributed by atoms with E-state index in [0.717, 1.165) is 12.8 Å². The summed E-state index contributed by atoms with van der Waals surface area (Å²) in [6.45, 7) is 9.36. The first-order valence-corrected chi connectivity index (χ1v) is 6.34. The van der Waals surface area contributed by atoms with Gasteiger partial charge in [-0.3, -0.25) is 0 Å². The summed E-state index contributed by atoms with van der Waals surface area (Å²) in [7, 11) is 0. The van der Waals surface area contributed by atoms with Gasteiger partial charge >= 0.3 is 0 Å². The van der Waals surface area contributed by atoms with Crippen molar-refractivity contribution in [1.29, 1.82) is 0 Å². The van der Waals surface area contributed by atoms with Gasteiger partial charge in [-0.15, -0.1) is 0 Å². The van der Waals surface area contributed by atoms with Gasteiger partial charge in [-0.1, -0.05) is 34.1 Å². The van der Waals surface area contributed by atoms with Gasteiger partial charge in [0.1, 0.15) is 0 Å². The van der Waals surface area contributed by atoms with E-state index in [4.69, 9.17) is 5.73 Å². The van der Waals surface area contributed by atoms with Gasteiger partial charge in [0.15, 0.2) is 0 Å². The van der Waals surface area contributed by atoms with Crippen LogP contribution >= 0.6 is 0 Å². The van der Waals surface area contributed by atoms with Gasteiger partial charge in [0, 0.05) is 0 Å². The zero-order valence-corrected chi connectivity index (χ0v) is 10.7. The number of hydrogen-bond acceptors (Lipinski definition) is 2. The summed E-state index contributed by atoms with van der Waals surface area (Å²) < 4.78 is 0. The molecule has 1 saturated carbocycles. The van der Waals surface area contributed by atoms with Gasteiger partial charge in [0.25, 0.3) is 0 Å². The maximum atomic E-state index is 10.9. The molecule has 0 aromatic rings. The molecule has 0 spiro atoms. The third kappa shape index (κ3) is 2.54. The number of rotatable bonds is 3. The Bertz CT molecular complexity index is 205. The summed E-state index contributed by atoms with van der Waals surface area (Å²) >= 11 is 0. The van der Waals surface area contributed by atoms with Gasteiger partial charge in [0.05, 0.1) is 5.60 Å². The highest BCUT2D eigenvalue weighted by atomic mass is 16.3. The molecule has 3 N–H and O–H groups in total. The summed E-state index contributed by atoms with van der Waals surface area (Å²) in [4.78, 5) is 0. The Hall–Kier alpha value is -0.0800. The lowest BCUT2D eigenvalue weighted by Crippen LogP contribution is -2.52. The minimum Gasteiger partial charge on any atom is -0.389 e. The molecule has 2 heteroatoms. The molecule has 0 radical (unpaired) electrons. The first-order chi connectivity index (χ1) is 6.91. The van der Waals surface area contributed by atoms with E-state index in [0.29, 0.717) is 24.3 Å². The molecule has 1 aliphatic carbocycles. The van der Waals surface area contributed by atoms with E-state index in [2.05, 4.69) is 27.7 Å². The van der Waals surface area contributed by atoms with Gasteiger partial charge in [0.2, 0.25) is 0 Å². The first kappa shape index (κ1) is 13.0. The third-order valence-electron chi connectivity index (χ3n) is 4.30. The largest absolute Gasteiger partial charge is 0.389 e. The van der Waals surface area contributed by atoms with Gasteiger partial charge in [-0.25, -0.2) is 0 Å². The van der Waals surface area contributed by atoms with Crippen molar-refractivity contribution < 1.29 is 5.11 Å². The smallest absolute Gasteiger partial charge is 0.0718 e. The molecule has 1 fully saturated rings. The maximum Gasteiger partial charge on any atom is 0.0718 e. The lowest BCUT2D eigenvalue weighted by molar-refractivity contribution is -0.114. The molecule has 1 aliphatic rings. The van der Waals surface area contributed by atoms with E-state index >= 15 is 0 Å². The Balaban J connectivity index is 2.85. The Morgan fingerprint density at radius 2 is 1.93 bits per heavy atom. The van der Waals surface area contributed by atoms with Gasteiger partial charge < -0.3 is 10.8 Å². The molecule has 15 heavy (non-hydrogen) atoms. The average Bonchev–Trinajstić information content (AvgIpc) is 2.15. The maximum absolute atomic E-state index is 10.9. The van der Waals surface area contributed by atoms with Crippen molar-refractivity contribution in [2.45, 2.75) is 52.6 Å². The van der Waals surface area contributed by atoms with Crippen molar-refractivity contribution >= 4 is 0 Å². The Labute approximate surface area is 94.2 Å². The van der Waals surface area contributed by atoms with Crippen LogP contribution in [0.3, 0.4) is 0 Å². The van der Waals surface area contributed by atoms with Gasteiger partial charge in [-0.05, 0) is 43.1 Å². The highest BCUT2D eigenvalue weighted by molar-refractivity contribution is 4.96. The van der Waals surface area contributed by atoms with E-state index in [9.17, 15) is 5.11 Å². The fraction of sp³-hybridized carbons (Fsp3) is 1.00. The SMILES string of the molecule is CC1CCC(C(C)C)C(O)(C(C)CN)C1. The van der Waals surface area contributed by atoms with Crippen LogP contribution in [0.1, 0.15) is 47.0 Å². The second kappa shape index (κ2) is 4.84. The van der Waals surface area contributed by atoms with Crippen molar-refractivity contribution in [3.8, 4) is 0 Å². The number of hydrogen-bond donors (Lipinski definition) is 2. The van der Waals surface area contributed by atoms with Crippen molar-refractivity contribution in [2.75, 3.05) is 6.54 Å². The van der Waals surface area contributed by atoms with E-state index in [-0.39, 0.29) is 5.92 Å². The second-order valence-corrected chi connectivity index (χ2v) is 5.87. The zero-order valence-electron chi connectivity index (χ0n) is 10.7. The summed E-state index contributed by atoms with van der Waals surface area (Å²) in [5.41, 5.74) is 5.21. The fourth-order valence-corrected chi connectivity index (χ4v) is 3.21. The number of aliphatic hydroxyl groups is 1. The molecule has 0 aliphatic heterocycles. The van der Waals surface area contributed by atoms with E-state index < -0.39 is 5.60 Å². The molecule has 4 unspecified atom stereocenters. The van der Waals surface area contributed by atoms with Gasteiger partial charge in [-0.2, -0.15) is 0 Å². The summed E-state index contributed by atoms with van der Waals surface area (Å²) in [5.74, 6) is 1.83. The van der Waals surface area contributed by atoms with E-state index in [1.165, 1.54) is 6.42 Å². The normalized spacial score (nSPS) is 39.4. The van der Waals surface area contributed by atoms with Crippen LogP contribution in [0.2, 0.25) is 0 Å². The molecule has 0 aromatic carbocycles. The van der Waals surface area contributed by atoms with Crippen LogP contribution in [0.25, 0.3) is 0 Å². The van der Waals surface area contributed by atoms with Crippen LogP contribution in [0.4, 0.5) is 0 Å². The minimum atomic E-state index is -0.527. The molecule has 0 bridgehead atoms. The molecule has 2 nitrogen and oxygen atoms in total. The van der Waals surface area contributed by atoms with Crippen molar-refractivity contribution in [1.82, 2.24) is 0 Å². The molecular weight excluding hydrogens is 186 g/mol. The van der Waals surface area contributed by atoms with E-state index in [1.807, 2.05) is 0 Å². The lowest BCUT2D eigenvalue weighted by Gasteiger charge is -2.48. The Morgan fingerprint density at radius 1 is 1.33 bits per heavy atom. The molecular formula is C13H27NO. The van der Waals surface area contributed by atoms with Crippen LogP contribution in [-0.2, 0) is 0 Å². The van der Waals surface area contributed by atoms with Crippen molar-refractivity contribution in [3.63, 3.8) is 0 Å². The van der Waals surface area contributed by atoms with Crippen molar-refractivity contribution in [2.24, 2.45) is 29.4 Å². The predicted octanol–water partition coefficient (Wildman–Crippen LogP) is 2.40. The summed E-state index contributed by atoms with van der Waals surface area (Å²) in [6, 6.07) is 0. The molecule has 0 amide bonds. The predicted molar refractivity (Wildman–Crippen MR) is 64.5 cm³/mol. The minimum absolute atomic E-state index is 0.215. The molecule has 1 rings (SSSR count). The fourth-order valence-electron chi connectivity index (χ4n) is 3.21. The summed E-state index contributed by atoms with van der Waals surface area (Å²) in [5, 5.41) is 10.9. The molecule has 0 heterocycles. The average molecular weight is 213 g/mol. The second-order valence-electron chi connectivity index (χ2n) is 5.87. The zero-order chi connectivity index (χ0) is 11.6. The number of nitrogens with two attached hydrogens (primary N) is 1. The van der Waals surface area contributed by atoms with E-state index in [1.54, 1.807) is 0 Å². The topological polar surface area (TPSA) is 46.2 Å². The van der Waals surface area contributed by atoms with Crippen LogP contribution in [0.5, 0.6) is 0 Å². The Morgan fingerprint density at radius 3 is 2.40 bits per heavy atom. The highest BCUT2D eigenvalue weighted by Gasteiger charge is 2.45. The molecule has 90 valence electrons. The summed E-state index contributed by atoms with van der Waals surface area (Å²) in [6.07, 6.45) is 3.33. The molecule has 0 aromatic heterocycles.